The van der Waals surface area contributed by atoms with E-state index in [-0.39, 0.29) is 0 Å². The number of hydrogen-bond donors (Lipinski definition) is 1. The Bertz CT molecular complexity index is 154. The van der Waals surface area contributed by atoms with Crippen LogP contribution >= 0.6 is 0 Å². The van der Waals surface area contributed by atoms with Crippen LogP contribution in [0.25, 0.3) is 0 Å². The lowest BCUT2D eigenvalue weighted by atomic mass is 10.0. The van der Waals surface area contributed by atoms with Crippen molar-refractivity contribution >= 4 is 0 Å². The van der Waals surface area contributed by atoms with E-state index in [0.717, 1.165) is 0 Å². The Morgan fingerprint density at radius 1 is 0.882 bits per heavy atom. The molecule has 0 saturated heterocycles. The Morgan fingerprint density at radius 2 is 1.41 bits per heavy atom. The smallest absolute Gasteiger partial charge is 0.00388 e. The molecule has 0 aliphatic heterocycles. The minimum absolute atomic E-state index is 0.455. The third-order valence-corrected chi connectivity index (χ3v) is 3.41. The first-order valence-corrected chi connectivity index (χ1v) is 7.67. The molecule has 0 aliphatic carbocycles. The third-order valence-electron chi connectivity index (χ3n) is 3.41. The molecule has 0 aromatic carbocycles. The lowest BCUT2D eigenvalue weighted by molar-refractivity contribution is 0.488. The van der Waals surface area contributed by atoms with Gasteiger partial charge in [-0.05, 0) is 25.7 Å². The lowest BCUT2D eigenvalue weighted by Crippen LogP contribution is -2.19. The molecule has 0 rings (SSSR count). The van der Waals surface area contributed by atoms with Crippen molar-refractivity contribution < 1.29 is 0 Å². The number of hydrogen-bond acceptors (Lipinski definition) is 1. The molecule has 1 nitrogen and oxygen atoms in total. The fraction of sp³-hybridized carbons (Fsp3) is 0.875. The van der Waals surface area contributed by atoms with E-state index < -0.39 is 0 Å². The highest BCUT2D eigenvalue weighted by Crippen LogP contribution is 2.11. The van der Waals surface area contributed by atoms with Gasteiger partial charge >= 0.3 is 0 Å². The van der Waals surface area contributed by atoms with E-state index in [1.165, 1.54) is 77.0 Å². The van der Waals surface area contributed by atoms with Crippen LogP contribution in [-0.2, 0) is 0 Å². The quantitative estimate of drug-likeness (QED) is 0.347. The van der Waals surface area contributed by atoms with Gasteiger partial charge in [-0.3, -0.25) is 0 Å². The zero-order chi connectivity index (χ0) is 12.8. The molecule has 0 saturated carbocycles. The molecule has 1 heteroatoms. The van der Waals surface area contributed by atoms with E-state index in [2.05, 4.69) is 13.5 Å². The molecule has 0 amide bonds. The minimum atomic E-state index is 0.455. The summed E-state index contributed by atoms with van der Waals surface area (Å²) in [6, 6.07) is 0.455. The average Bonchev–Trinajstić information content (AvgIpc) is 2.33. The lowest BCUT2D eigenvalue weighted by Gasteiger charge is -2.11. The molecule has 2 N–H and O–H groups in total. The van der Waals surface area contributed by atoms with Gasteiger partial charge in [0.15, 0.2) is 0 Å². The zero-order valence-electron chi connectivity index (χ0n) is 11.9. The summed E-state index contributed by atoms with van der Waals surface area (Å²) < 4.78 is 0. The molecule has 1 atom stereocenters. The second-order valence-electron chi connectivity index (χ2n) is 5.24. The van der Waals surface area contributed by atoms with Gasteiger partial charge < -0.3 is 5.73 Å². The van der Waals surface area contributed by atoms with Crippen LogP contribution in [0.15, 0.2) is 12.7 Å². The first-order chi connectivity index (χ1) is 8.31. The van der Waals surface area contributed by atoms with Crippen LogP contribution < -0.4 is 5.73 Å². The van der Waals surface area contributed by atoms with Gasteiger partial charge in [-0.1, -0.05) is 64.4 Å². The van der Waals surface area contributed by atoms with Crippen molar-refractivity contribution in [2.45, 2.75) is 90.0 Å². The molecular weight excluding hydrogens is 206 g/mol. The summed E-state index contributed by atoms with van der Waals surface area (Å²) in [6.45, 7) is 6.00. The topological polar surface area (TPSA) is 26.0 Å². The van der Waals surface area contributed by atoms with Gasteiger partial charge in [0.05, 0.1) is 0 Å². The molecule has 0 heterocycles. The van der Waals surface area contributed by atoms with Gasteiger partial charge in [-0.25, -0.2) is 0 Å². The van der Waals surface area contributed by atoms with Crippen molar-refractivity contribution in [2.75, 3.05) is 0 Å². The van der Waals surface area contributed by atoms with Gasteiger partial charge in [0.25, 0.3) is 0 Å². The molecule has 0 radical (unpaired) electrons. The second-order valence-corrected chi connectivity index (χ2v) is 5.24. The summed E-state index contributed by atoms with van der Waals surface area (Å²) in [5, 5.41) is 0. The molecule has 102 valence electrons. The first kappa shape index (κ1) is 16.7. The molecule has 0 fully saturated rings. The van der Waals surface area contributed by atoms with Crippen molar-refractivity contribution in [1.82, 2.24) is 0 Å². The van der Waals surface area contributed by atoms with Gasteiger partial charge in [-0.15, -0.1) is 6.58 Å². The Labute approximate surface area is 109 Å². The van der Waals surface area contributed by atoms with Gasteiger partial charge in [-0.2, -0.15) is 0 Å². The van der Waals surface area contributed by atoms with E-state index in [1.54, 1.807) is 0 Å². The maximum Gasteiger partial charge on any atom is 0.00388 e. The van der Waals surface area contributed by atoms with Crippen LogP contribution in [0.2, 0.25) is 0 Å². The molecule has 17 heavy (non-hydrogen) atoms. The molecule has 0 aromatic heterocycles. The Kier molecular flexibility index (Phi) is 13.5. The molecule has 0 spiro atoms. The van der Waals surface area contributed by atoms with Crippen LogP contribution in [0.5, 0.6) is 0 Å². The van der Waals surface area contributed by atoms with Crippen LogP contribution in [-0.4, -0.2) is 6.04 Å². The summed E-state index contributed by atoms with van der Waals surface area (Å²) >= 11 is 0. The fourth-order valence-corrected chi connectivity index (χ4v) is 2.20. The van der Waals surface area contributed by atoms with Crippen LogP contribution in [0, 0.1) is 0 Å². The molecule has 0 aromatic rings. The highest BCUT2D eigenvalue weighted by atomic mass is 14.6. The Morgan fingerprint density at radius 3 is 1.94 bits per heavy atom. The number of allylic oxidation sites excluding steroid dienone is 1. The van der Waals surface area contributed by atoms with E-state index in [4.69, 9.17) is 5.73 Å². The Balaban J connectivity index is 3.11. The van der Waals surface area contributed by atoms with E-state index in [0.29, 0.717) is 6.04 Å². The largest absolute Gasteiger partial charge is 0.328 e. The van der Waals surface area contributed by atoms with Crippen LogP contribution in [0.4, 0.5) is 0 Å². The van der Waals surface area contributed by atoms with Gasteiger partial charge in [0.1, 0.15) is 0 Å². The standard InChI is InChI=1S/C16H33N/c1-3-5-7-9-11-13-15-16(17)14-12-10-8-6-4-2/h3,16H,1,4-15,17H2,2H3. The predicted molar refractivity (Wildman–Crippen MR) is 79.3 cm³/mol. The zero-order valence-corrected chi connectivity index (χ0v) is 11.9. The van der Waals surface area contributed by atoms with E-state index in [9.17, 15) is 0 Å². The van der Waals surface area contributed by atoms with Crippen LogP contribution in [0.3, 0.4) is 0 Å². The SMILES string of the molecule is C=CCCCCCCC(N)CCCCCCC. The van der Waals surface area contributed by atoms with E-state index in [1.807, 2.05) is 6.08 Å². The summed E-state index contributed by atoms with van der Waals surface area (Å²) in [7, 11) is 0. The maximum absolute atomic E-state index is 6.11. The third kappa shape index (κ3) is 13.6. The highest BCUT2D eigenvalue weighted by Gasteiger charge is 2.01. The van der Waals surface area contributed by atoms with Gasteiger partial charge in [0, 0.05) is 6.04 Å². The summed E-state index contributed by atoms with van der Waals surface area (Å²) in [6.07, 6.45) is 17.8. The first-order valence-electron chi connectivity index (χ1n) is 7.67. The van der Waals surface area contributed by atoms with Crippen molar-refractivity contribution in [3.63, 3.8) is 0 Å². The Hall–Kier alpha value is -0.300. The normalized spacial score (nSPS) is 12.6. The average molecular weight is 239 g/mol. The maximum atomic E-state index is 6.11. The van der Waals surface area contributed by atoms with Crippen LogP contribution in [0.1, 0.15) is 84.0 Å². The van der Waals surface area contributed by atoms with Crippen molar-refractivity contribution in [3.05, 3.63) is 12.7 Å². The van der Waals surface area contributed by atoms with Crippen molar-refractivity contribution in [3.8, 4) is 0 Å². The number of nitrogens with two attached hydrogens (primary N) is 1. The molecule has 0 aliphatic rings. The molecule has 0 bridgehead atoms. The number of unbranched alkanes of at least 4 members (excludes halogenated alkanes) is 8. The number of rotatable bonds is 13. The molecule has 1 unspecified atom stereocenters. The highest BCUT2D eigenvalue weighted by molar-refractivity contribution is 4.66. The van der Waals surface area contributed by atoms with Gasteiger partial charge in [0.2, 0.25) is 0 Å². The summed E-state index contributed by atoms with van der Waals surface area (Å²) in [4.78, 5) is 0. The fourth-order valence-electron chi connectivity index (χ4n) is 2.20. The minimum Gasteiger partial charge on any atom is -0.328 e. The monoisotopic (exact) mass is 239 g/mol. The predicted octanol–water partition coefficient (Wildman–Crippen LogP) is 5.20. The van der Waals surface area contributed by atoms with E-state index >= 15 is 0 Å². The second kappa shape index (κ2) is 13.8. The summed E-state index contributed by atoms with van der Waals surface area (Å²) in [5.41, 5.74) is 6.11. The molecular formula is C16H33N. The summed E-state index contributed by atoms with van der Waals surface area (Å²) in [5.74, 6) is 0. The van der Waals surface area contributed by atoms with Crippen molar-refractivity contribution in [2.24, 2.45) is 5.73 Å². The van der Waals surface area contributed by atoms with Crippen molar-refractivity contribution in [1.29, 1.82) is 0 Å².